The second-order valence-corrected chi connectivity index (χ2v) is 3.76. The fourth-order valence-electron chi connectivity index (χ4n) is 1.74. The van der Waals surface area contributed by atoms with Gasteiger partial charge in [-0.1, -0.05) is 0 Å². The van der Waals surface area contributed by atoms with E-state index in [1.807, 2.05) is 19.2 Å². The first-order valence-corrected chi connectivity index (χ1v) is 5.00. The van der Waals surface area contributed by atoms with Crippen molar-refractivity contribution in [1.82, 2.24) is 15.3 Å². The molecule has 76 valence electrons. The second-order valence-electron chi connectivity index (χ2n) is 3.76. The normalized spacial score (nSPS) is 21.1. The van der Waals surface area contributed by atoms with Gasteiger partial charge in [0.2, 0.25) is 5.95 Å². The topological polar surface area (TPSA) is 41.1 Å². The molecule has 0 saturated carbocycles. The number of likely N-dealkylation sites (N-methyl/N-ethyl adjacent to an activating group) is 1. The molecule has 2 rings (SSSR count). The van der Waals surface area contributed by atoms with Crippen LogP contribution in [-0.2, 0) is 0 Å². The van der Waals surface area contributed by atoms with Crippen molar-refractivity contribution in [2.24, 2.45) is 0 Å². The minimum atomic E-state index is 0.539. The molecule has 1 atom stereocenters. The molecule has 0 amide bonds. The van der Waals surface area contributed by atoms with E-state index in [9.17, 15) is 0 Å². The van der Waals surface area contributed by atoms with Crippen molar-refractivity contribution in [2.75, 3.05) is 25.0 Å². The van der Waals surface area contributed by atoms with Crippen molar-refractivity contribution >= 4 is 5.95 Å². The summed E-state index contributed by atoms with van der Waals surface area (Å²) in [6.45, 7) is 4.13. The predicted molar refractivity (Wildman–Crippen MR) is 56.4 cm³/mol. The SMILES string of the molecule is Cc1ccnc(N(C)[C@H]2CCNC2)n1. The number of nitrogens with zero attached hydrogens (tertiary/aromatic N) is 3. The fourth-order valence-corrected chi connectivity index (χ4v) is 1.74. The van der Waals surface area contributed by atoms with Gasteiger partial charge in [0.15, 0.2) is 0 Å². The minimum absolute atomic E-state index is 0.539. The third-order valence-electron chi connectivity index (χ3n) is 2.68. The second kappa shape index (κ2) is 3.92. The van der Waals surface area contributed by atoms with Gasteiger partial charge in [-0.15, -0.1) is 0 Å². The van der Waals surface area contributed by atoms with Crippen LogP contribution in [0.15, 0.2) is 12.3 Å². The molecule has 1 fully saturated rings. The van der Waals surface area contributed by atoms with Gasteiger partial charge in [0, 0.05) is 31.5 Å². The van der Waals surface area contributed by atoms with Crippen molar-refractivity contribution in [2.45, 2.75) is 19.4 Å². The molecule has 0 unspecified atom stereocenters. The van der Waals surface area contributed by atoms with Crippen LogP contribution < -0.4 is 10.2 Å². The lowest BCUT2D eigenvalue weighted by Crippen LogP contribution is -2.34. The summed E-state index contributed by atoms with van der Waals surface area (Å²) in [5.74, 6) is 0.832. The van der Waals surface area contributed by atoms with Crippen molar-refractivity contribution in [3.63, 3.8) is 0 Å². The van der Waals surface area contributed by atoms with Gasteiger partial charge >= 0.3 is 0 Å². The number of hydrogen-bond acceptors (Lipinski definition) is 4. The first kappa shape index (κ1) is 9.40. The fraction of sp³-hybridized carbons (Fsp3) is 0.600. The van der Waals surface area contributed by atoms with Gasteiger partial charge in [0.05, 0.1) is 0 Å². The lowest BCUT2D eigenvalue weighted by atomic mass is 10.2. The maximum atomic E-state index is 4.40. The molecule has 4 nitrogen and oxygen atoms in total. The molecule has 0 aromatic carbocycles. The molecule has 1 aliphatic rings. The van der Waals surface area contributed by atoms with Crippen molar-refractivity contribution in [3.05, 3.63) is 18.0 Å². The van der Waals surface area contributed by atoms with Gasteiger partial charge in [-0.25, -0.2) is 9.97 Å². The Balaban J connectivity index is 2.13. The Morgan fingerprint density at radius 3 is 3.07 bits per heavy atom. The quantitative estimate of drug-likeness (QED) is 0.744. The number of rotatable bonds is 2. The highest BCUT2D eigenvalue weighted by atomic mass is 15.3. The van der Waals surface area contributed by atoms with Crippen molar-refractivity contribution < 1.29 is 0 Å². The maximum absolute atomic E-state index is 4.40. The number of hydrogen-bond donors (Lipinski definition) is 1. The minimum Gasteiger partial charge on any atom is -0.340 e. The van der Waals surface area contributed by atoms with Gasteiger partial charge in [0.25, 0.3) is 0 Å². The Kier molecular flexibility index (Phi) is 2.63. The van der Waals surface area contributed by atoms with E-state index >= 15 is 0 Å². The Labute approximate surface area is 84.4 Å². The summed E-state index contributed by atoms with van der Waals surface area (Å²) >= 11 is 0. The smallest absolute Gasteiger partial charge is 0.225 e. The van der Waals surface area contributed by atoms with Crippen LogP contribution in [0.2, 0.25) is 0 Å². The van der Waals surface area contributed by atoms with Crippen LogP contribution >= 0.6 is 0 Å². The summed E-state index contributed by atoms with van der Waals surface area (Å²) in [4.78, 5) is 10.8. The third kappa shape index (κ3) is 1.85. The van der Waals surface area contributed by atoms with E-state index in [2.05, 4.69) is 27.2 Å². The van der Waals surface area contributed by atoms with Gasteiger partial charge in [-0.3, -0.25) is 0 Å². The Morgan fingerprint density at radius 1 is 1.57 bits per heavy atom. The zero-order chi connectivity index (χ0) is 9.97. The van der Waals surface area contributed by atoms with Gasteiger partial charge in [-0.05, 0) is 26.0 Å². The number of anilines is 1. The highest BCUT2D eigenvalue weighted by Gasteiger charge is 2.20. The van der Waals surface area contributed by atoms with Crippen LogP contribution in [0.5, 0.6) is 0 Å². The average molecular weight is 192 g/mol. The van der Waals surface area contributed by atoms with Crippen LogP contribution in [0.3, 0.4) is 0 Å². The molecule has 1 saturated heterocycles. The van der Waals surface area contributed by atoms with Crippen LogP contribution in [0.25, 0.3) is 0 Å². The monoisotopic (exact) mass is 192 g/mol. The Hall–Kier alpha value is -1.16. The molecule has 1 aromatic rings. The molecular formula is C10H16N4. The zero-order valence-corrected chi connectivity index (χ0v) is 8.70. The molecule has 0 radical (unpaired) electrons. The van der Waals surface area contributed by atoms with E-state index in [0.717, 1.165) is 24.7 Å². The van der Waals surface area contributed by atoms with E-state index in [4.69, 9.17) is 0 Å². The molecule has 0 bridgehead atoms. The molecule has 1 aromatic heterocycles. The van der Waals surface area contributed by atoms with Crippen LogP contribution in [0.4, 0.5) is 5.95 Å². The van der Waals surface area contributed by atoms with E-state index in [-0.39, 0.29) is 0 Å². The summed E-state index contributed by atoms with van der Waals surface area (Å²) in [5.41, 5.74) is 1.02. The van der Waals surface area contributed by atoms with Gasteiger partial charge < -0.3 is 10.2 Å². The summed E-state index contributed by atoms with van der Waals surface area (Å²) < 4.78 is 0. The zero-order valence-electron chi connectivity index (χ0n) is 8.70. The molecule has 0 aliphatic carbocycles. The van der Waals surface area contributed by atoms with Crippen LogP contribution in [0, 0.1) is 6.92 Å². The summed E-state index contributed by atoms with van der Waals surface area (Å²) in [7, 11) is 2.06. The first-order valence-electron chi connectivity index (χ1n) is 5.00. The van der Waals surface area contributed by atoms with Gasteiger partial charge in [0.1, 0.15) is 0 Å². The number of nitrogens with one attached hydrogen (secondary N) is 1. The lowest BCUT2D eigenvalue weighted by molar-refractivity contribution is 0.667. The third-order valence-corrected chi connectivity index (χ3v) is 2.68. The molecular weight excluding hydrogens is 176 g/mol. The highest BCUT2D eigenvalue weighted by Crippen LogP contribution is 2.13. The van der Waals surface area contributed by atoms with E-state index in [1.54, 1.807) is 0 Å². The summed E-state index contributed by atoms with van der Waals surface area (Å²) in [5, 5.41) is 3.34. The summed E-state index contributed by atoms with van der Waals surface area (Å²) in [6, 6.07) is 2.46. The predicted octanol–water partition coefficient (Wildman–Crippen LogP) is 0.583. The number of aromatic nitrogens is 2. The van der Waals surface area contributed by atoms with Crippen molar-refractivity contribution in [3.8, 4) is 0 Å². The highest BCUT2D eigenvalue weighted by molar-refractivity contribution is 5.31. The standard InChI is InChI=1S/C10H16N4/c1-8-3-6-12-10(13-8)14(2)9-4-5-11-7-9/h3,6,9,11H,4-5,7H2,1-2H3/t9-/m0/s1. The molecule has 2 heterocycles. The Bertz CT molecular complexity index is 307. The molecule has 1 aliphatic heterocycles. The summed E-state index contributed by atoms with van der Waals surface area (Å²) in [6.07, 6.45) is 2.99. The largest absolute Gasteiger partial charge is 0.340 e. The van der Waals surface area contributed by atoms with Crippen molar-refractivity contribution in [1.29, 1.82) is 0 Å². The van der Waals surface area contributed by atoms with Crippen LogP contribution in [-0.4, -0.2) is 36.1 Å². The molecule has 4 heteroatoms. The average Bonchev–Trinajstić information content (AvgIpc) is 2.69. The Morgan fingerprint density at radius 2 is 2.43 bits per heavy atom. The van der Waals surface area contributed by atoms with Crippen LogP contribution in [0.1, 0.15) is 12.1 Å². The number of aryl methyl sites for hydroxylation is 1. The maximum Gasteiger partial charge on any atom is 0.225 e. The molecule has 0 spiro atoms. The van der Waals surface area contributed by atoms with E-state index in [0.29, 0.717) is 6.04 Å². The first-order chi connectivity index (χ1) is 6.77. The lowest BCUT2D eigenvalue weighted by Gasteiger charge is -2.23. The molecule has 14 heavy (non-hydrogen) atoms. The van der Waals surface area contributed by atoms with Gasteiger partial charge in [-0.2, -0.15) is 0 Å². The molecule has 1 N–H and O–H groups in total. The van der Waals surface area contributed by atoms with E-state index in [1.165, 1.54) is 6.42 Å². The van der Waals surface area contributed by atoms with E-state index < -0.39 is 0 Å².